The van der Waals surface area contributed by atoms with Gasteiger partial charge in [0.2, 0.25) is 0 Å². The Morgan fingerprint density at radius 2 is 1.91 bits per heavy atom. The molecule has 0 saturated carbocycles. The average Bonchev–Trinajstić information content (AvgIpc) is 3.39. The molecule has 0 spiro atoms. The zero-order chi connectivity index (χ0) is 22.3. The van der Waals surface area contributed by atoms with Crippen LogP contribution in [0.2, 0.25) is 0 Å². The van der Waals surface area contributed by atoms with Crippen molar-refractivity contribution in [3.63, 3.8) is 0 Å². The summed E-state index contributed by atoms with van der Waals surface area (Å²) < 4.78 is 6.40. The number of carbonyl (C=O) groups excluding carboxylic acids is 1. The molecule has 1 saturated heterocycles. The van der Waals surface area contributed by atoms with Crippen LogP contribution in [0.15, 0.2) is 109 Å². The maximum absolute atomic E-state index is 13.1. The number of amidine groups is 1. The van der Waals surface area contributed by atoms with Crippen LogP contribution in [-0.2, 0) is 11.3 Å². The molecule has 3 aromatic rings. The zero-order valence-corrected chi connectivity index (χ0v) is 19.7. The molecule has 0 N–H and O–H groups in total. The third-order valence-electron chi connectivity index (χ3n) is 4.53. The highest BCUT2D eigenvalue weighted by Crippen LogP contribution is 2.33. The Hall–Kier alpha value is -3.16. The number of benzene rings is 2. The Balaban J connectivity index is 1.60. The number of amides is 1. The fraction of sp³-hybridized carbons (Fsp3) is 0.0800. The Labute approximate surface area is 199 Å². The van der Waals surface area contributed by atoms with Gasteiger partial charge in [-0.25, -0.2) is 0 Å². The van der Waals surface area contributed by atoms with Crippen LogP contribution in [0, 0.1) is 0 Å². The summed E-state index contributed by atoms with van der Waals surface area (Å²) in [4.78, 5) is 15.3. The maximum atomic E-state index is 13.1. The lowest BCUT2D eigenvalue weighted by molar-refractivity contribution is -0.122. The van der Waals surface area contributed by atoms with Gasteiger partial charge in [-0.15, -0.1) is 5.10 Å². The normalized spacial score (nSPS) is 17.2. The standard InChI is InChI=1S/C25H20BrN3O2S/c1-18(13-19-7-3-2-4-8-19)14-23-24(30)29(17-22-11-6-12-31-22)25(32-23)28-27-16-20-9-5-10-21(26)15-20/h2-16H,17H2,1H3/b18-13+,23-14-,27-16+,28-25-. The van der Waals surface area contributed by atoms with Crippen molar-refractivity contribution in [3.8, 4) is 0 Å². The van der Waals surface area contributed by atoms with E-state index in [2.05, 4.69) is 26.1 Å². The van der Waals surface area contributed by atoms with Crippen molar-refractivity contribution in [3.05, 3.63) is 111 Å². The molecule has 0 radical (unpaired) electrons. The van der Waals surface area contributed by atoms with E-state index in [4.69, 9.17) is 4.42 Å². The third kappa shape index (κ3) is 5.75. The minimum absolute atomic E-state index is 0.122. The summed E-state index contributed by atoms with van der Waals surface area (Å²) in [6.07, 6.45) is 7.18. The van der Waals surface area contributed by atoms with E-state index in [1.807, 2.05) is 79.7 Å². The Morgan fingerprint density at radius 3 is 2.66 bits per heavy atom. The van der Waals surface area contributed by atoms with Crippen LogP contribution in [0.25, 0.3) is 6.08 Å². The van der Waals surface area contributed by atoms with Crippen LogP contribution in [0.3, 0.4) is 0 Å². The van der Waals surface area contributed by atoms with Crippen LogP contribution in [0.4, 0.5) is 0 Å². The maximum Gasteiger partial charge on any atom is 0.267 e. The molecule has 0 bridgehead atoms. The first kappa shape index (κ1) is 22.0. The zero-order valence-electron chi connectivity index (χ0n) is 17.3. The van der Waals surface area contributed by atoms with Gasteiger partial charge in [0.1, 0.15) is 5.76 Å². The lowest BCUT2D eigenvalue weighted by Gasteiger charge is -2.12. The summed E-state index contributed by atoms with van der Waals surface area (Å²) in [6, 6.07) is 21.4. The fourth-order valence-electron chi connectivity index (χ4n) is 3.07. The molecule has 1 aliphatic rings. The minimum atomic E-state index is -0.122. The van der Waals surface area contributed by atoms with Crippen molar-refractivity contribution in [1.82, 2.24) is 4.90 Å². The van der Waals surface area contributed by atoms with Crippen molar-refractivity contribution in [2.75, 3.05) is 0 Å². The van der Waals surface area contributed by atoms with Gasteiger partial charge in [-0.05, 0) is 65.7 Å². The van der Waals surface area contributed by atoms with E-state index in [1.54, 1.807) is 23.4 Å². The first-order valence-electron chi connectivity index (χ1n) is 9.92. The van der Waals surface area contributed by atoms with E-state index in [0.717, 1.165) is 21.2 Å². The van der Waals surface area contributed by atoms with Crippen molar-refractivity contribution in [2.24, 2.45) is 10.2 Å². The number of carbonyl (C=O) groups is 1. The molecule has 5 nitrogen and oxygen atoms in total. The molecule has 1 fully saturated rings. The molecule has 1 amide bonds. The second kappa shape index (κ2) is 10.4. The van der Waals surface area contributed by atoms with Crippen LogP contribution >= 0.6 is 27.7 Å². The van der Waals surface area contributed by atoms with E-state index >= 15 is 0 Å². The number of halogens is 1. The molecule has 160 valence electrons. The molecular weight excluding hydrogens is 486 g/mol. The number of hydrogen-bond acceptors (Lipinski definition) is 5. The molecule has 0 unspecified atom stereocenters. The molecule has 7 heteroatoms. The molecule has 1 aliphatic heterocycles. The molecule has 4 rings (SSSR count). The first-order chi connectivity index (χ1) is 15.6. The van der Waals surface area contributed by atoms with Gasteiger partial charge in [0, 0.05) is 4.47 Å². The number of allylic oxidation sites excluding steroid dienone is 2. The van der Waals surface area contributed by atoms with Gasteiger partial charge in [0.25, 0.3) is 5.91 Å². The molecule has 0 aliphatic carbocycles. The van der Waals surface area contributed by atoms with Gasteiger partial charge in [-0.1, -0.05) is 64.5 Å². The Morgan fingerprint density at radius 1 is 1.09 bits per heavy atom. The van der Waals surface area contributed by atoms with Crippen molar-refractivity contribution in [2.45, 2.75) is 13.5 Å². The highest BCUT2D eigenvalue weighted by Gasteiger charge is 2.34. The largest absolute Gasteiger partial charge is 0.467 e. The van der Waals surface area contributed by atoms with E-state index < -0.39 is 0 Å². The van der Waals surface area contributed by atoms with Crippen molar-refractivity contribution in [1.29, 1.82) is 0 Å². The highest BCUT2D eigenvalue weighted by molar-refractivity contribution is 9.10. The molecule has 1 aromatic heterocycles. The monoisotopic (exact) mass is 505 g/mol. The lowest BCUT2D eigenvalue weighted by Crippen LogP contribution is -2.28. The molecule has 0 atom stereocenters. The third-order valence-corrected chi connectivity index (χ3v) is 6.02. The van der Waals surface area contributed by atoms with Crippen LogP contribution in [-0.4, -0.2) is 22.2 Å². The van der Waals surface area contributed by atoms with Gasteiger partial charge in [0.15, 0.2) is 5.17 Å². The molecule has 2 aromatic carbocycles. The highest BCUT2D eigenvalue weighted by atomic mass is 79.9. The summed E-state index contributed by atoms with van der Waals surface area (Å²) >= 11 is 4.76. The number of rotatable bonds is 6. The van der Waals surface area contributed by atoms with E-state index in [-0.39, 0.29) is 5.91 Å². The second-order valence-electron chi connectivity index (χ2n) is 7.06. The topological polar surface area (TPSA) is 58.2 Å². The number of nitrogens with zero attached hydrogens (tertiary/aromatic N) is 3. The summed E-state index contributed by atoms with van der Waals surface area (Å²) in [5, 5.41) is 9.06. The van der Waals surface area contributed by atoms with Gasteiger partial charge in [-0.2, -0.15) is 5.10 Å². The van der Waals surface area contributed by atoms with Gasteiger partial charge >= 0.3 is 0 Å². The van der Waals surface area contributed by atoms with E-state index in [9.17, 15) is 4.79 Å². The van der Waals surface area contributed by atoms with E-state index in [0.29, 0.717) is 22.4 Å². The quantitative estimate of drug-likeness (QED) is 0.218. The van der Waals surface area contributed by atoms with Gasteiger partial charge < -0.3 is 4.42 Å². The number of hydrogen-bond donors (Lipinski definition) is 0. The van der Waals surface area contributed by atoms with Gasteiger partial charge in [-0.3, -0.25) is 9.69 Å². The smallest absolute Gasteiger partial charge is 0.267 e. The summed E-state index contributed by atoms with van der Waals surface area (Å²) in [5.41, 5.74) is 2.97. The Bertz CT molecular complexity index is 1220. The van der Waals surface area contributed by atoms with E-state index in [1.165, 1.54) is 11.8 Å². The second-order valence-corrected chi connectivity index (χ2v) is 8.99. The van der Waals surface area contributed by atoms with Crippen molar-refractivity contribution < 1.29 is 9.21 Å². The molecule has 32 heavy (non-hydrogen) atoms. The van der Waals surface area contributed by atoms with Crippen LogP contribution in [0.1, 0.15) is 23.8 Å². The average molecular weight is 506 g/mol. The molecule has 2 heterocycles. The summed E-state index contributed by atoms with van der Waals surface area (Å²) in [5.74, 6) is 0.559. The molecular formula is C25H20BrN3O2S. The van der Waals surface area contributed by atoms with Crippen LogP contribution in [0.5, 0.6) is 0 Å². The van der Waals surface area contributed by atoms with Gasteiger partial charge in [0.05, 0.1) is 23.9 Å². The number of furan rings is 1. The first-order valence-corrected chi connectivity index (χ1v) is 11.5. The Kier molecular flexibility index (Phi) is 7.19. The minimum Gasteiger partial charge on any atom is -0.467 e. The number of thioether (sulfide) groups is 1. The SMILES string of the molecule is CC(/C=C1\S/C(=N\N=C\c2cccc(Br)c2)N(Cc2ccco2)C1=O)=C\c1ccccc1. The fourth-order valence-corrected chi connectivity index (χ4v) is 4.47. The lowest BCUT2D eigenvalue weighted by atomic mass is 10.1. The predicted molar refractivity (Wildman–Crippen MR) is 134 cm³/mol. The van der Waals surface area contributed by atoms with Crippen molar-refractivity contribution >= 4 is 51.1 Å². The summed E-state index contributed by atoms with van der Waals surface area (Å²) in [6.45, 7) is 2.27. The summed E-state index contributed by atoms with van der Waals surface area (Å²) in [7, 11) is 0. The van der Waals surface area contributed by atoms with Crippen LogP contribution < -0.4 is 0 Å². The predicted octanol–water partition coefficient (Wildman–Crippen LogP) is 6.50.